The van der Waals surface area contributed by atoms with Crippen molar-refractivity contribution < 1.29 is 14.3 Å². The van der Waals surface area contributed by atoms with Crippen molar-refractivity contribution in [3.63, 3.8) is 0 Å². The Kier molecular flexibility index (Phi) is 6.07. The van der Waals surface area contributed by atoms with Gasteiger partial charge in [-0.05, 0) is 44.5 Å². The molecule has 1 amide bonds. The Bertz CT molecular complexity index is 1110. The lowest BCUT2D eigenvalue weighted by molar-refractivity contribution is -0.111. The third kappa shape index (κ3) is 4.97. The minimum atomic E-state index is -0.209. The molecule has 1 aromatic heterocycles. The van der Waals surface area contributed by atoms with E-state index < -0.39 is 0 Å². The number of hydrogen-bond donors (Lipinski definition) is 1. The monoisotopic (exact) mass is 417 g/mol. The molecule has 0 fully saturated rings. The number of fused-ring (bicyclic) bond motifs is 1. The van der Waals surface area contributed by atoms with Crippen molar-refractivity contribution in [2.75, 3.05) is 18.5 Å². The van der Waals surface area contributed by atoms with Gasteiger partial charge in [-0.15, -0.1) is 0 Å². The summed E-state index contributed by atoms with van der Waals surface area (Å²) in [4.78, 5) is 12.5. The van der Waals surface area contributed by atoms with Gasteiger partial charge in [0.1, 0.15) is 0 Å². The highest BCUT2D eigenvalue weighted by atomic mass is 16.5. The van der Waals surface area contributed by atoms with Crippen LogP contribution in [0.15, 0.2) is 48.5 Å². The highest BCUT2D eigenvalue weighted by Gasteiger charge is 2.12. The highest BCUT2D eigenvalue weighted by molar-refractivity contribution is 6.02. The van der Waals surface area contributed by atoms with Gasteiger partial charge in [-0.2, -0.15) is 5.10 Å². The zero-order chi connectivity index (χ0) is 21.8. The molecule has 160 valence electrons. The van der Waals surface area contributed by atoms with Crippen molar-refractivity contribution in [3.05, 3.63) is 76.6 Å². The summed E-state index contributed by atoms with van der Waals surface area (Å²) in [6.07, 6.45) is 4.20. The van der Waals surface area contributed by atoms with E-state index in [1.807, 2.05) is 36.7 Å². The molecule has 3 aromatic rings. The number of hydrogen-bond acceptors (Lipinski definition) is 4. The van der Waals surface area contributed by atoms with Crippen LogP contribution >= 0.6 is 0 Å². The summed E-state index contributed by atoms with van der Waals surface area (Å²) in [6.45, 7) is 8.00. The maximum atomic E-state index is 12.5. The predicted octanol–water partition coefficient (Wildman–Crippen LogP) is 4.67. The maximum absolute atomic E-state index is 12.5. The standard InChI is InChI=1S/C25H27N3O3/c1-17-5-7-20(8-6-17)16-28-19(3)22(18(2)27-28)10-12-25(29)26-21-9-11-23-24(15-21)31-14-4-13-30-23/h5-12,15H,4,13-14,16H2,1-3H3,(H,26,29). The fourth-order valence-corrected chi connectivity index (χ4v) is 3.56. The molecule has 1 aliphatic rings. The maximum Gasteiger partial charge on any atom is 0.248 e. The summed E-state index contributed by atoms with van der Waals surface area (Å²) < 4.78 is 13.3. The number of anilines is 1. The molecule has 0 radical (unpaired) electrons. The van der Waals surface area contributed by atoms with Gasteiger partial charge in [-0.25, -0.2) is 0 Å². The number of ether oxygens (including phenoxy) is 2. The number of carbonyl (C=O) groups excluding carboxylic acids is 1. The Balaban J connectivity index is 1.44. The molecule has 1 N–H and O–H groups in total. The molecule has 0 aliphatic carbocycles. The third-order valence-electron chi connectivity index (χ3n) is 5.31. The molecule has 0 saturated carbocycles. The fourth-order valence-electron chi connectivity index (χ4n) is 3.56. The molecule has 1 aliphatic heterocycles. The van der Waals surface area contributed by atoms with Crippen molar-refractivity contribution in [1.29, 1.82) is 0 Å². The van der Waals surface area contributed by atoms with Gasteiger partial charge in [0, 0.05) is 35.5 Å². The number of nitrogens with one attached hydrogen (secondary N) is 1. The van der Waals surface area contributed by atoms with Crippen molar-refractivity contribution in [3.8, 4) is 11.5 Å². The number of carbonyl (C=O) groups is 1. The highest BCUT2D eigenvalue weighted by Crippen LogP contribution is 2.32. The Labute approximate surface area is 182 Å². The molecule has 6 nitrogen and oxygen atoms in total. The van der Waals surface area contributed by atoms with E-state index in [0.717, 1.165) is 23.4 Å². The SMILES string of the molecule is Cc1ccc(Cn2nc(C)c(C=CC(=O)Nc3ccc4c(c3)OCCCO4)c2C)cc1. The first kappa shape index (κ1) is 20.7. The minimum Gasteiger partial charge on any atom is -0.490 e. The second-order valence-corrected chi connectivity index (χ2v) is 7.76. The molecule has 31 heavy (non-hydrogen) atoms. The summed E-state index contributed by atoms with van der Waals surface area (Å²) >= 11 is 0. The molecule has 4 rings (SSSR count). The summed E-state index contributed by atoms with van der Waals surface area (Å²) in [5, 5.41) is 7.54. The topological polar surface area (TPSA) is 65.4 Å². The van der Waals surface area contributed by atoms with Crippen LogP contribution in [0.2, 0.25) is 0 Å². The minimum absolute atomic E-state index is 0.209. The molecule has 0 unspecified atom stereocenters. The van der Waals surface area contributed by atoms with E-state index in [1.54, 1.807) is 6.07 Å². The van der Waals surface area contributed by atoms with Gasteiger partial charge < -0.3 is 14.8 Å². The summed E-state index contributed by atoms with van der Waals surface area (Å²) in [5.74, 6) is 1.15. The van der Waals surface area contributed by atoms with Crippen molar-refractivity contribution in [2.45, 2.75) is 33.7 Å². The molecular formula is C25H27N3O3. The number of rotatable bonds is 5. The van der Waals surface area contributed by atoms with Crippen LogP contribution in [0.1, 0.15) is 34.5 Å². The zero-order valence-corrected chi connectivity index (χ0v) is 18.1. The van der Waals surface area contributed by atoms with Crippen LogP contribution in [-0.4, -0.2) is 28.9 Å². The summed E-state index contributed by atoms with van der Waals surface area (Å²) in [5.41, 5.74) is 5.98. The number of nitrogens with zero attached hydrogens (tertiary/aromatic N) is 2. The van der Waals surface area contributed by atoms with Crippen molar-refractivity contribution in [2.24, 2.45) is 0 Å². The smallest absolute Gasteiger partial charge is 0.248 e. The van der Waals surface area contributed by atoms with Gasteiger partial charge in [-0.3, -0.25) is 9.48 Å². The van der Waals surface area contributed by atoms with Crippen molar-refractivity contribution in [1.82, 2.24) is 9.78 Å². The van der Waals surface area contributed by atoms with Gasteiger partial charge >= 0.3 is 0 Å². The first-order valence-corrected chi connectivity index (χ1v) is 10.5. The Morgan fingerprint density at radius 2 is 1.81 bits per heavy atom. The normalized spacial score (nSPS) is 13.3. The number of aromatic nitrogens is 2. The van der Waals surface area contributed by atoms with Gasteiger partial charge in [0.2, 0.25) is 5.91 Å². The van der Waals surface area contributed by atoms with Crippen LogP contribution in [0, 0.1) is 20.8 Å². The van der Waals surface area contributed by atoms with Crippen LogP contribution < -0.4 is 14.8 Å². The lowest BCUT2D eigenvalue weighted by Gasteiger charge is -2.09. The molecular weight excluding hydrogens is 390 g/mol. The van der Waals surface area contributed by atoms with Crippen LogP contribution in [0.3, 0.4) is 0 Å². The van der Waals surface area contributed by atoms with E-state index in [2.05, 4.69) is 41.6 Å². The number of amides is 1. The average molecular weight is 418 g/mol. The van der Waals surface area contributed by atoms with E-state index >= 15 is 0 Å². The third-order valence-corrected chi connectivity index (χ3v) is 5.31. The molecule has 0 spiro atoms. The molecule has 2 aromatic carbocycles. The lowest BCUT2D eigenvalue weighted by Crippen LogP contribution is -2.08. The van der Waals surface area contributed by atoms with Crippen molar-refractivity contribution >= 4 is 17.7 Å². The van der Waals surface area contributed by atoms with E-state index in [4.69, 9.17) is 9.47 Å². The predicted molar refractivity (Wildman–Crippen MR) is 122 cm³/mol. The summed E-state index contributed by atoms with van der Waals surface area (Å²) in [6, 6.07) is 13.9. The summed E-state index contributed by atoms with van der Waals surface area (Å²) in [7, 11) is 0. The van der Waals surface area contributed by atoms with Crippen LogP contribution in [0.5, 0.6) is 11.5 Å². The van der Waals surface area contributed by atoms with Gasteiger partial charge in [0.15, 0.2) is 11.5 Å². The van der Waals surface area contributed by atoms with E-state index in [9.17, 15) is 4.79 Å². The van der Waals surface area contributed by atoms with E-state index in [-0.39, 0.29) is 5.91 Å². The average Bonchev–Trinajstić information content (AvgIpc) is 2.91. The quantitative estimate of drug-likeness (QED) is 0.613. The molecule has 0 atom stereocenters. The van der Waals surface area contributed by atoms with E-state index in [0.29, 0.717) is 36.9 Å². The lowest BCUT2D eigenvalue weighted by atomic mass is 10.1. The van der Waals surface area contributed by atoms with Gasteiger partial charge in [0.05, 0.1) is 25.5 Å². The largest absolute Gasteiger partial charge is 0.490 e. The van der Waals surface area contributed by atoms with Crippen LogP contribution in [-0.2, 0) is 11.3 Å². The molecule has 6 heteroatoms. The first-order chi connectivity index (χ1) is 15.0. The Morgan fingerprint density at radius 1 is 1.06 bits per heavy atom. The van der Waals surface area contributed by atoms with Crippen LogP contribution in [0.25, 0.3) is 6.08 Å². The van der Waals surface area contributed by atoms with Crippen LogP contribution in [0.4, 0.5) is 5.69 Å². The molecule has 0 saturated heterocycles. The molecule has 2 heterocycles. The van der Waals surface area contributed by atoms with Gasteiger partial charge in [0.25, 0.3) is 0 Å². The first-order valence-electron chi connectivity index (χ1n) is 10.5. The van der Waals surface area contributed by atoms with E-state index in [1.165, 1.54) is 17.2 Å². The second kappa shape index (κ2) is 9.08. The fraction of sp³-hybridized carbons (Fsp3) is 0.280. The Morgan fingerprint density at radius 3 is 2.58 bits per heavy atom. The Hall–Kier alpha value is -3.54. The van der Waals surface area contributed by atoms with Gasteiger partial charge in [-0.1, -0.05) is 29.8 Å². The number of aryl methyl sites for hydroxylation is 2. The zero-order valence-electron chi connectivity index (χ0n) is 18.1. The molecule has 0 bridgehead atoms. The second-order valence-electron chi connectivity index (χ2n) is 7.76. The number of benzene rings is 2.